The van der Waals surface area contributed by atoms with E-state index < -0.39 is 23.5 Å². The summed E-state index contributed by atoms with van der Waals surface area (Å²) in [6, 6.07) is 21.4. The van der Waals surface area contributed by atoms with E-state index in [1.54, 1.807) is 0 Å². The molecule has 0 atom stereocenters. The molecule has 1 amide bonds. The van der Waals surface area contributed by atoms with Gasteiger partial charge in [-0.25, -0.2) is 8.78 Å². The molecule has 2 nitrogen and oxygen atoms in total. The van der Waals surface area contributed by atoms with Gasteiger partial charge in [0.05, 0.1) is 11.6 Å². The molecule has 120 valence electrons. The van der Waals surface area contributed by atoms with Crippen LogP contribution in [0.5, 0.6) is 0 Å². The molecule has 0 spiro atoms. The van der Waals surface area contributed by atoms with Crippen molar-refractivity contribution < 1.29 is 13.6 Å². The quantitative estimate of drug-likeness (QED) is 0.738. The molecule has 0 aromatic heterocycles. The van der Waals surface area contributed by atoms with E-state index >= 15 is 0 Å². The maximum Gasteiger partial charge on any atom is 0.236 e. The minimum absolute atomic E-state index is 0.170. The monoisotopic (exact) mass is 323 g/mol. The van der Waals surface area contributed by atoms with Crippen LogP contribution in [0.3, 0.4) is 0 Å². The Morgan fingerprint density at radius 3 is 1.88 bits per heavy atom. The van der Waals surface area contributed by atoms with Crippen LogP contribution in [0.15, 0.2) is 78.9 Å². The topological polar surface area (TPSA) is 29.1 Å². The van der Waals surface area contributed by atoms with Crippen LogP contribution in [0.1, 0.15) is 17.0 Å². The van der Waals surface area contributed by atoms with Crippen LogP contribution >= 0.6 is 0 Å². The SMILES string of the molecule is O=C(Nc1cc(F)ccc1F)C(c1ccccc1)c1ccccc1. The Labute approximate surface area is 138 Å². The third kappa shape index (κ3) is 3.49. The molecule has 24 heavy (non-hydrogen) atoms. The normalized spacial score (nSPS) is 10.6. The van der Waals surface area contributed by atoms with Gasteiger partial charge in [0.1, 0.15) is 11.6 Å². The van der Waals surface area contributed by atoms with Gasteiger partial charge >= 0.3 is 0 Å². The number of benzene rings is 3. The van der Waals surface area contributed by atoms with E-state index in [-0.39, 0.29) is 5.69 Å². The minimum atomic E-state index is -0.676. The highest BCUT2D eigenvalue weighted by atomic mass is 19.1. The van der Waals surface area contributed by atoms with Crippen LogP contribution in [-0.2, 0) is 4.79 Å². The van der Waals surface area contributed by atoms with Crippen molar-refractivity contribution in [1.82, 2.24) is 0 Å². The number of nitrogens with one attached hydrogen (secondary N) is 1. The molecule has 0 bridgehead atoms. The average Bonchev–Trinajstić information content (AvgIpc) is 2.60. The molecule has 0 aliphatic rings. The van der Waals surface area contributed by atoms with Crippen molar-refractivity contribution in [2.75, 3.05) is 5.32 Å². The highest BCUT2D eigenvalue weighted by molar-refractivity contribution is 5.98. The molecule has 3 rings (SSSR count). The highest BCUT2D eigenvalue weighted by Gasteiger charge is 2.23. The summed E-state index contributed by atoms with van der Waals surface area (Å²) in [7, 11) is 0. The Bertz CT molecular complexity index is 795. The Hall–Kier alpha value is -3.01. The van der Waals surface area contributed by atoms with Crippen LogP contribution in [0.25, 0.3) is 0 Å². The van der Waals surface area contributed by atoms with Crippen molar-refractivity contribution in [2.45, 2.75) is 5.92 Å². The fraction of sp³-hybridized carbons (Fsp3) is 0.0500. The molecule has 0 fully saturated rings. The van der Waals surface area contributed by atoms with Gasteiger partial charge in [-0.1, -0.05) is 60.7 Å². The zero-order valence-electron chi connectivity index (χ0n) is 12.7. The number of anilines is 1. The van der Waals surface area contributed by atoms with E-state index in [1.165, 1.54) is 0 Å². The first-order valence-corrected chi connectivity index (χ1v) is 7.51. The summed E-state index contributed by atoms with van der Waals surface area (Å²) in [5.41, 5.74) is 1.38. The van der Waals surface area contributed by atoms with Gasteiger partial charge in [-0.3, -0.25) is 4.79 Å². The largest absolute Gasteiger partial charge is 0.323 e. The Morgan fingerprint density at radius 1 is 0.792 bits per heavy atom. The van der Waals surface area contributed by atoms with Crippen LogP contribution in [0, 0.1) is 11.6 Å². The van der Waals surface area contributed by atoms with Crippen molar-refractivity contribution in [1.29, 1.82) is 0 Å². The third-order valence-corrected chi connectivity index (χ3v) is 3.71. The molecular weight excluding hydrogens is 308 g/mol. The van der Waals surface area contributed by atoms with E-state index in [0.29, 0.717) is 0 Å². The first-order valence-electron chi connectivity index (χ1n) is 7.51. The third-order valence-electron chi connectivity index (χ3n) is 3.71. The minimum Gasteiger partial charge on any atom is -0.323 e. The van der Waals surface area contributed by atoms with Gasteiger partial charge < -0.3 is 5.32 Å². The average molecular weight is 323 g/mol. The maximum atomic E-state index is 13.8. The van der Waals surface area contributed by atoms with Crippen molar-refractivity contribution in [3.05, 3.63) is 102 Å². The number of hydrogen-bond donors (Lipinski definition) is 1. The summed E-state index contributed by atoms with van der Waals surface area (Å²) in [5.74, 6) is -2.32. The van der Waals surface area contributed by atoms with E-state index in [2.05, 4.69) is 5.32 Å². The predicted octanol–water partition coefficient (Wildman–Crippen LogP) is 4.74. The van der Waals surface area contributed by atoms with Gasteiger partial charge in [0.2, 0.25) is 5.91 Å². The van der Waals surface area contributed by atoms with Crippen molar-refractivity contribution in [3.63, 3.8) is 0 Å². The molecule has 0 unspecified atom stereocenters. The van der Waals surface area contributed by atoms with Gasteiger partial charge in [-0.05, 0) is 23.3 Å². The fourth-order valence-electron chi connectivity index (χ4n) is 2.58. The first-order chi connectivity index (χ1) is 11.6. The van der Waals surface area contributed by atoms with Gasteiger partial charge in [-0.15, -0.1) is 0 Å². The second kappa shape index (κ2) is 7.04. The summed E-state index contributed by atoms with van der Waals surface area (Å²) in [6.45, 7) is 0. The molecular formula is C20H15F2NO. The van der Waals surface area contributed by atoms with E-state index in [4.69, 9.17) is 0 Å². The standard InChI is InChI=1S/C20H15F2NO/c21-16-11-12-17(22)18(13-16)23-20(24)19(14-7-3-1-4-8-14)15-9-5-2-6-10-15/h1-13,19H,(H,23,24). The molecule has 3 aromatic rings. The predicted molar refractivity (Wildman–Crippen MR) is 89.7 cm³/mol. The van der Waals surface area contributed by atoms with Gasteiger partial charge in [0.15, 0.2) is 0 Å². The molecule has 1 N–H and O–H groups in total. The fourth-order valence-corrected chi connectivity index (χ4v) is 2.58. The lowest BCUT2D eigenvalue weighted by Crippen LogP contribution is -2.22. The Balaban J connectivity index is 1.97. The highest BCUT2D eigenvalue weighted by Crippen LogP contribution is 2.27. The van der Waals surface area contributed by atoms with Crippen molar-refractivity contribution in [2.24, 2.45) is 0 Å². The lowest BCUT2D eigenvalue weighted by Gasteiger charge is -2.18. The number of halogens is 2. The van der Waals surface area contributed by atoms with E-state index in [0.717, 1.165) is 29.3 Å². The molecule has 0 heterocycles. The van der Waals surface area contributed by atoms with Gasteiger partial charge in [-0.2, -0.15) is 0 Å². The number of rotatable bonds is 4. The molecule has 4 heteroatoms. The molecule has 3 aromatic carbocycles. The molecule has 0 aliphatic heterocycles. The number of carbonyl (C=O) groups is 1. The summed E-state index contributed by atoms with van der Waals surface area (Å²) in [6.07, 6.45) is 0. The number of carbonyl (C=O) groups excluding carboxylic acids is 1. The van der Waals surface area contributed by atoms with Crippen LogP contribution in [0.2, 0.25) is 0 Å². The van der Waals surface area contributed by atoms with Crippen LogP contribution in [-0.4, -0.2) is 5.91 Å². The lowest BCUT2D eigenvalue weighted by molar-refractivity contribution is -0.116. The van der Waals surface area contributed by atoms with E-state index in [9.17, 15) is 13.6 Å². The van der Waals surface area contributed by atoms with Gasteiger partial charge in [0.25, 0.3) is 0 Å². The summed E-state index contributed by atoms with van der Waals surface area (Å²) in [5, 5.41) is 2.49. The van der Waals surface area contributed by atoms with Crippen molar-refractivity contribution in [3.8, 4) is 0 Å². The van der Waals surface area contributed by atoms with Crippen LogP contribution in [0.4, 0.5) is 14.5 Å². The first kappa shape index (κ1) is 15.9. The van der Waals surface area contributed by atoms with Gasteiger partial charge in [0, 0.05) is 6.07 Å². The second-order valence-electron chi connectivity index (χ2n) is 5.37. The number of hydrogen-bond acceptors (Lipinski definition) is 1. The summed E-state index contributed by atoms with van der Waals surface area (Å²) < 4.78 is 27.1. The molecule has 0 radical (unpaired) electrons. The van der Waals surface area contributed by atoms with Crippen LogP contribution < -0.4 is 5.32 Å². The van der Waals surface area contributed by atoms with E-state index in [1.807, 2.05) is 60.7 Å². The Kier molecular flexibility index (Phi) is 4.66. The zero-order valence-corrected chi connectivity index (χ0v) is 12.7. The van der Waals surface area contributed by atoms with Crippen molar-refractivity contribution >= 4 is 11.6 Å². The smallest absolute Gasteiger partial charge is 0.236 e. The maximum absolute atomic E-state index is 13.8. The summed E-state index contributed by atoms with van der Waals surface area (Å²) >= 11 is 0. The number of amides is 1. The summed E-state index contributed by atoms with van der Waals surface area (Å²) in [4.78, 5) is 12.8. The zero-order chi connectivity index (χ0) is 16.9. The Morgan fingerprint density at radius 2 is 1.33 bits per heavy atom. The molecule has 0 saturated heterocycles. The molecule has 0 aliphatic carbocycles. The molecule has 0 saturated carbocycles. The lowest BCUT2D eigenvalue weighted by atomic mass is 9.90. The second-order valence-corrected chi connectivity index (χ2v) is 5.37.